The SMILES string of the molecule is CNC(Cc1cccc(O)c1)c1cccc(Cl)c1. The van der Waals surface area contributed by atoms with Gasteiger partial charge in [-0.15, -0.1) is 0 Å². The molecule has 0 amide bonds. The van der Waals surface area contributed by atoms with Gasteiger partial charge in [-0.25, -0.2) is 0 Å². The molecule has 1 atom stereocenters. The van der Waals surface area contributed by atoms with E-state index in [0.717, 1.165) is 22.6 Å². The molecule has 2 aromatic rings. The molecule has 0 aliphatic carbocycles. The van der Waals surface area contributed by atoms with Crippen molar-refractivity contribution in [2.75, 3.05) is 7.05 Å². The van der Waals surface area contributed by atoms with Crippen LogP contribution in [0.4, 0.5) is 0 Å². The summed E-state index contributed by atoms with van der Waals surface area (Å²) in [6.07, 6.45) is 0.811. The van der Waals surface area contributed by atoms with Crippen molar-refractivity contribution in [1.82, 2.24) is 5.32 Å². The van der Waals surface area contributed by atoms with Crippen LogP contribution in [0, 0.1) is 0 Å². The van der Waals surface area contributed by atoms with E-state index in [-0.39, 0.29) is 6.04 Å². The molecular formula is C15H16ClNO. The molecule has 0 bridgehead atoms. The fourth-order valence-electron chi connectivity index (χ4n) is 2.03. The molecule has 94 valence electrons. The van der Waals surface area contributed by atoms with Gasteiger partial charge in [0.15, 0.2) is 0 Å². The molecule has 2 nitrogen and oxygen atoms in total. The van der Waals surface area contributed by atoms with Crippen molar-refractivity contribution in [2.45, 2.75) is 12.5 Å². The van der Waals surface area contributed by atoms with E-state index in [1.54, 1.807) is 12.1 Å². The number of phenols is 1. The topological polar surface area (TPSA) is 32.3 Å². The number of aromatic hydroxyl groups is 1. The van der Waals surface area contributed by atoms with Crippen molar-refractivity contribution < 1.29 is 5.11 Å². The Kier molecular flexibility index (Phi) is 4.24. The summed E-state index contributed by atoms with van der Waals surface area (Å²) in [6, 6.07) is 15.3. The molecular weight excluding hydrogens is 246 g/mol. The van der Waals surface area contributed by atoms with Crippen LogP contribution in [-0.4, -0.2) is 12.2 Å². The van der Waals surface area contributed by atoms with Crippen molar-refractivity contribution in [3.63, 3.8) is 0 Å². The van der Waals surface area contributed by atoms with Crippen molar-refractivity contribution in [3.05, 3.63) is 64.7 Å². The van der Waals surface area contributed by atoms with Gasteiger partial charge in [0.25, 0.3) is 0 Å². The second-order valence-electron chi connectivity index (χ2n) is 4.27. The molecule has 0 aliphatic rings. The van der Waals surface area contributed by atoms with Crippen molar-refractivity contribution in [3.8, 4) is 5.75 Å². The smallest absolute Gasteiger partial charge is 0.115 e. The van der Waals surface area contributed by atoms with Crippen LogP contribution in [0.2, 0.25) is 5.02 Å². The molecule has 1 unspecified atom stereocenters. The zero-order chi connectivity index (χ0) is 13.0. The third-order valence-corrected chi connectivity index (χ3v) is 3.18. The Morgan fingerprint density at radius 1 is 1.17 bits per heavy atom. The van der Waals surface area contributed by atoms with E-state index >= 15 is 0 Å². The first-order valence-electron chi connectivity index (χ1n) is 5.89. The highest BCUT2D eigenvalue weighted by molar-refractivity contribution is 6.30. The standard InChI is InChI=1S/C15H16ClNO/c1-17-15(12-5-3-6-13(16)10-12)9-11-4-2-7-14(18)8-11/h2-8,10,15,17-18H,9H2,1H3. The molecule has 0 spiro atoms. The highest BCUT2D eigenvalue weighted by Gasteiger charge is 2.10. The largest absolute Gasteiger partial charge is 0.508 e. The lowest BCUT2D eigenvalue weighted by atomic mass is 9.99. The second-order valence-corrected chi connectivity index (χ2v) is 4.71. The van der Waals surface area contributed by atoms with E-state index in [0.29, 0.717) is 5.75 Å². The molecule has 0 aromatic heterocycles. The summed E-state index contributed by atoms with van der Waals surface area (Å²) in [7, 11) is 1.92. The number of phenolic OH excluding ortho intramolecular Hbond substituents is 1. The Morgan fingerprint density at radius 3 is 2.61 bits per heavy atom. The number of rotatable bonds is 4. The number of benzene rings is 2. The zero-order valence-corrected chi connectivity index (χ0v) is 11.0. The predicted octanol–water partition coefficient (Wildman–Crippen LogP) is 3.55. The van der Waals surface area contributed by atoms with Crippen LogP contribution in [0.5, 0.6) is 5.75 Å². The van der Waals surface area contributed by atoms with E-state index in [4.69, 9.17) is 11.6 Å². The molecule has 2 rings (SSSR count). The van der Waals surface area contributed by atoms with E-state index in [1.165, 1.54) is 0 Å². The lowest BCUT2D eigenvalue weighted by Crippen LogP contribution is -2.18. The minimum absolute atomic E-state index is 0.186. The second kappa shape index (κ2) is 5.89. The maximum absolute atomic E-state index is 9.47. The molecule has 18 heavy (non-hydrogen) atoms. The Morgan fingerprint density at radius 2 is 1.94 bits per heavy atom. The van der Waals surface area contributed by atoms with Gasteiger partial charge in [0.2, 0.25) is 0 Å². The summed E-state index contributed by atoms with van der Waals surface area (Å²) in [5.74, 6) is 0.299. The predicted molar refractivity (Wildman–Crippen MR) is 75.1 cm³/mol. The molecule has 2 aromatic carbocycles. The fourth-order valence-corrected chi connectivity index (χ4v) is 2.23. The molecule has 2 N–H and O–H groups in total. The van der Waals surface area contributed by atoms with Crippen LogP contribution in [0.15, 0.2) is 48.5 Å². The molecule has 0 heterocycles. The van der Waals surface area contributed by atoms with Crippen LogP contribution in [0.3, 0.4) is 0 Å². The number of hydrogen-bond donors (Lipinski definition) is 2. The average molecular weight is 262 g/mol. The molecule has 0 radical (unpaired) electrons. The third-order valence-electron chi connectivity index (χ3n) is 2.95. The van der Waals surface area contributed by atoms with E-state index < -0.39 is 0 Å². The third kappa shape index (κ3) is 3.25. The molecule has 3 heteroatoms. The maximum Gasteiger partial charge on any atom is 0.115 e. The number of likely N-dealkylation sites (N-methyl/N-ethyl adjacent to an activating group) is 1. The van der Waals surface area contributed by atoms with E-state index in [1.807, 2.05) is 37.4 Å². The van der Waals surface area contributed by atoms with Gasteiger partial charge in [-0.3, -0.25) is 0 Å². The minimum atomic E-state index is 0.186. The lowest BCUT2D eigenvalue weighted by Gasteiger charge is -2.17. The van der Waals surface area contributed by atoms with Crippen LogP contribution in [-0.2, 0) is 6.42 Å². The molecule has 0 saturated heterocycles. The van der Waals surface area contributed by atoms with Gasteiger partial charge in [0, 0.05) is 11.1 Å². The monoisotopic (exact) mass is 261 g/mol. The normalized spacial score (nSPS) is 12.3. The van der Waals surface area contributed by atoms with Gasteiger partial charge in [0.1, 0.15) is 5.75 Å². The van der Waals surface area contributed by atoms with Crippen molar-refractivity contribution in [1.29, 1.82) is 0 Å². The number of nitrogens with one attached hydrogen (secondary N) is 1. The maximum atomic E-state index is 9.47. The summed E-state index contributed by atoms with van der Waals surface area (Å²) in [5, 5.41) is 13.5. The van der Waals surface area contributed by atoms with Crippen LogP contribution in [0.1, 0.15) is 17.2 Å². The summed E-state index contributed by atoms with van der Waals surface area (Å²) < 4.78 is 0. The molecule has 0 saturated carbocycles. The Bertz CT molecular complexity index is 527. The van der Waals surface area contributed by atoms with Gasteiger partial charge < -0.3 is 10.4 Å². The molecule has 0 fully saturated rings. The van der Waals surface area contributed by atoms with Crippen molar-refractivity contribution in [2.24, 2.45) is 0 Å². The summed E-state index contributed by atoms with van der Waals surface area (Å²) in [6.45, 7) is 0. The summed E-state index contributed by atoms with van der Waals surface area (Å²) in [4.78, 5) is 0. The van der Waals surface area contributed by atoms with E-state index in [2.05, 4.69) is 11.4 Å². The molecule has 0 aliphatic heterocycles. The quantitative estimate of drug-likeness (QED) is 0.882. The zero-order valence-electron chi connectivity index (χ0n) is 10.2. The first kappa shape index (κ1) is 12.9. The summed E-state index contributed by atoms with van der Waals surface area (Å²) in [5.41, 5.74) is 2.24. The van der Waals surface area contributed by atoms with Crippen molar-refractivity contribution >= 4 is 11.6 Å². The van der Waals surface area contributed by atoms with E-state index in [9.17, 15) is 5.11 Å². The van der Waals surface area contributed by atoms with Gasteiger partial charge in [0.05, 0.1) is 0 Å². The summed E-state index contributed by atoms with van der Waals surface area (Å²) >= 11 is 6.01. The van der Waals surface area contributed by atoms with Gasteiger partial charge in [-0.1, -0.05) is 35.9 Å². The van der Waals surface area contributed by atoms with Gasteiger partial charge >= 0.3 is 0 Å². The highest BCUT2D eigenvalue weighted by atomic mass is 35.5. The Labute approximate surface area is 112 Å². The van der Waals surface area contributed by atoms with Crippen LogP contribution in [0.25, 0.3) is 0 Å². The first-order valence-corrected chi connectivity index (χ1v) is 6.27. The van der Waals surface area contributed by atoms with Gasteiger partial charge in [-0.2, -0.15) is 0 Å². The lowest BCUT2D eigenvalue weighted by molar-refractivity contribution is 0.473. The highest BCUT2D eigenvalue weighted by Crippen LogP contribution is 2.22. The Hall–Kier alpha value is -1.51. The minimum Gasteiger partial charge on any atom is -0.508 e. The van der Waals surface area contributed by atoms with Gasteiger partial charge in [-0.05, 0) is 48.9 Å². The Balaban J connectivity index is 2.19. The fraction of sp³-hybridized carbons (Fsp3) is 0.200. The first-order chi connectivity index (χ1) is 8.69. The number of hydrogen-bond acceptors (Lipinski definition) is 2. The van der Waals surface area contributed by atoms with Crippen LogP contribution < -0.4 is 5.32 Å². The van der Waals surface area contributed by atoms with Crippen LogP contribution >= 0.6 is 11.6 Å². The average Bonchev–Trinajstić information content (AvgIpc) is 2.36. The number of halogens is 1.